The fourth-order valence-corrected chi connectivity index (χ4v) is 2.17. The molecule has 16 heavy (non-hydrogen) atoms. The molecule has 90 valence electrons. The van der Waals surface area contributed by atoms with Gasteiger partial charge < -0.3 is 20.3 Å². The van der Waals surface area contributed by atoms with Crippen molar-refractivity contribution in [3.8, 4) is 5.75 Å². The molecule has 0 saturated heterocycles. The van der Waals surface area contributed by atoms with Crippen molar-refractivity contribution in [1.29, 1.82) is 0 Å². The normalized spacial score (nSPS) is 13.5. The molecule has 0 aliphatic rings. The third-order valence-corrected chi connectivity index (χ3v) is 3.74. The molecular formula is C10H16NO4P. The van der Waals surface area contributed by atoms with Crippen molar-refractivity contribution in [3.63, 3.8) is 0 Å². The summed E-state index contributed by atoms with van der Waals surface area (Å²) in [5.74, 6) is 0.620. The molecule has 1 aromatic carbocycles. The molecule has 0 saturated carbocycles. The molecule has 5 nitrogen and oxygen atoms in total. The fourth-order valence-electron chi connectivity index (χ4n) is 1.47. The van der Waals surface area contributed by atoms with Crippen LogP contribution in [0.4, 0.5) is 0 Å². The molecule has 1 unspecified atom stereocenters. The summed E-state index contributed by atoms with van der Waals surface area (Å²) in [7, 11) is -2.63. The quantitative estimate of drug-likeness (QED) is 0.665. The first-order valence-electron chi connectivity index (χ1n) is 4.86. The number of rotatable bonds is 5. The van der Waals surface area contributed by atoms with Gasteiger partial charge in [-0.1, -0.05) is 18.2 Å². The molecular weight excluding hydrogens is 229 g/mol. The standard InChI is InChI=1S/C10H16NO4P/c1-15-10-5-3-2-4-8(10)6-9(7-11)16(12,13)14/h2-5,9H,6-7,11H2,1H3,(H2,12,13,14). The van der Waals surface area contributed by atoms with Crippen LogP contribution in [-0.2, 0) is 11.0 Å². The van der Waals surface area contributed by atoms with Crippen molar-refractivity contribution >= 4 is 7.60 Å². The van der Waals surface area contributed by atoms with Crippen LogP contribution in [-0.4, -0.2) is 29.1 Å². The maximum Gasteiger partial charge on any atom is 0.330 e. The Hall–Kier alpha value is -0.870. The lowest BCUT2D eigenvalue weighted by atomic mass is 10.1. The van der Waals surface area contributed by atoms with E-state index in [1.54, 1.807) is 24.3 Å². The summed E-state index contributed by atoms with van der Waals surface area (Å²) in [6.07, 6.45) is 0.213. The van der Waals surface area contributed by atoms with Gasteiger partial charge in [0, 0.05) is 6.54 Å². The average Bonchev–Trinajstić information content (AvgIpc) is 2.24. The van der Waals surface area contributed by atoms with E-state index in [0.717, 1.165) is 5.56 Å². The predicted octanol–water partition coefficient (Wildman–Crippen LogP) is 0.743. The highest BCUT2D eigenvalue weighted by molar-refractivity contribution is 7.52. The number of hydrogen-bond donors (Lipinski definition) is 3. The number of para-hydroxylation sites is 1. The summed E-state index contributed by atoms with van der Waals surface area (Å²) in [6.45, 7) is -0.0532. The Kier molecular flexibility index (Phi) is 4.50. The molecule has 0 aliphatic carbocycles. The molecule has 6 heteroatoms. The van der Waals surface area contributed by atoms with Crippen molar-refractivity contribution in [1.82, 2.24) is 0 Å². The zero-order chi connectivity index (χ0) is 12.2. The zero-order valence-electron chi connectivity index (χ0n) is 9.04. The number of nitrogens with two attached hydrogens (primary N) is 1. The van der Waals surface area contributed by atoms with E-state index in [-0.39, 0.29) is 13.0 Å². The van der Waals surface area contributed by atoms with Crippen molar-refractivity contribution in [2.75, 3.05) is 13.7 Å². The summed E-state index contributed by atoms with van der Waals surface area (Å²) in [5.41, 5.74) is 5.26. The molecule has 0 radical (unpaired) electrons. The molecule has 0 amide bonds. The van der Waals surface area contributed by atoms with Crippen LogP contribution >= 0.6 is 7.60 Å². The topological polar surface area (TPSA) is 92.8 Å². The zero-order valence-corrected chi connectivity index (χ0v) is 9.93. The second-order valence-corrected chi connectivity index (χ2v) is 5.40. The first kappa shape index (κ1) is 13.2. The van der Waals surface area contributed by atoms with E-state index in [0.29, 0.717) is 5.75 Å². The Labute approximate surface area is 94.4 Å². The maximum atomic E-state index is 11.1. The van der Waals surface area contributed by atoms with Gasteiger partial charge >= 0.3 is 7.60 Å². The van der Waals surface area contributed by atoms with Crippen molar-refractivity contribution in [2.24, 2.45) is 5.73 Å². The van der Waals surface area contributed by atoms with Gasteiger partial charge in [-0.25, -0.2) is 0 Å². The van der Waals surface area contributed by atoms with Crippen LogP contribution in [0.1, 0.15) is 5.56 Å². The van der Waals surface area contributed by atoms with Crippen LogP contribution in [0.2, 0.25) is 0 Å². The van der Waals surface area contributed by atoms with E-state index in [1.165, 1.54) is 7.11 Å². The van der Waals surface area contributed by atoms with E-state index in [1.807, 2.05) is 0 Å². The van der Waals surface area contributed by atoms with E-state index < -0.39 is 13.3 Å². The molecule has 1 aromatic rings. The molecule has 4 N–H and O–H groups in total. The van der Waals surface area contributed by atoms with Gasteiger partial charge in [0.15, 0.2) is 0 Å². The first-order chi connectivity index (χ1) is 7.49. The molecule has 1 atom stereocenters. The van der Waals surface area contributed by atoms with Gasteiger partial charge in [0.05, 0.1) is 12.8 Å². The van der Waals surface area contributed by atoms with Crippen LogP contribution in [0.5, 0.6) is 5.75 Å². The second-order valence-electron chi connectivity index (χ2n) is 3.49. The summed E-state index contributed by atoms with van der Waals surface area (Å²) >= 11 is 0. The average molecular weight is 245 g/mol. The molecule has 1 rings (SSSR count). The van der Waals surface area contributed by atoms with Gasteiger partial charge in [-0.2, -0.15) is 0 Å². The monoisotopic (exact) mass is 245 g/mol. The summed E-state index contributed by atoms with van der Waals surface area (Å²) < 4.78 is 16.2. The molecule has 0 bridgehead atoms. The highest BCUT2D eigenvalue weighted by Crippen LogP contribution is 2.42. The Morgan fingerprint density at radius 2 is 2.06 bits per heavy atom. The van der Waals surface area contributed by atoms with Gasteiger partial charge in [0.25, 0.3) is 0 Å². The lowest BCUT2D eigenvalue weighted by Gasteiger charge is -2.17. The SMILES string of the molecule is COc1ccccc1CC(CN)P(=O)(O)O. The molecule has 0 fully saturated rings. The molecule has 0 heterocycles. The Morgan fingerprint density at radius 3 is 2.56 bits per heavy atom. The number of methoxy groups -OCH3 is 1. The number of benzene rings is 1. The van der Waals surface area contributed by atoms with Crippen LogP contribution in [0.25, 0.3) is 0 Å². The summed E-state index contributed by atoms with van der Waals surface area (Å²) in [5, 5.41) is 0. The van der Waals surface area contributed by atoms with Gasteiger partial charge in [-0.3, -0.25) is 4.57 Å². The third kappa shape index (κ3) is 3.32. The number of ether oxygens (including phenoxy) is 1. The minimum Gasteiger partial charge on any atom is -0.496 e. The highest BCUT2D eigenvalue weighted by Gasteiger charge is 2.28. The van der Waals surface area contributed by atoms with E-state index in [9.17, 15) is 4.57 Å². The van der Waals surface area contributed by atoms with Gasteiger partial charge in [0.2, 0.25) is 0 Å². The predicted molar refractivity (Wildman–Crippen MR) is 61.6 cm³/mol. The van der Waals surface area contributed by atoms with E-state index >= 15 is 0 Å². The van der Waals surface area contributed by atoms with Crippen molar-refractivity contribution in [3.05, 3.63) is 29.8 Å². The van der Waals surface area contributed by atoms with Crippen molar-refractivity contribution < 1.29 is 19.1 Å². The molecule has 0 aliphatic heterocycles. The Balaban J connectivity index is 2.90. The molecule has 0 aromatic heterocycles. The van der Waals surface area contributed by atoms with Gasteiger partial charge in [0.1, 0.15) is 5.75 Å². The Bertz CT molecular complexity index is 390. The summed E-state index contributed by atoms with van der Waals surface area (Å²) in [4.78, 5) is 18.2. The van der Waals surface area contributed by atoms with Crippen LogP contribution in [0.15, 0.2) is 24.3 Å². The van der Waals surface area contributed by atoms with Crippen LogP contribution < -0.4 is 10.5 Å². The lowest BCUT2D eigenvalue weighted by molar-refractivity contribution is 0.356. The van der Waals surface area contributed by atoms with Crippen LogP contribution in [0, 0.1) is 0 Å². The lowest BCUT2D eigenvalue weighted by Crippen LogP contribution is -2.23. The number of hydrogen-bond acceptors (Lipinski definition) is 3. The minimum absolute atomic E-state index is 0.0532. The van der Waals surface area contributed by atoms with Crippen LogP contribution in [0.3, 0.4) is 0 Å². The summed E-state index contributed by atoms with van der Waals surface area (Å²) in [6, 6.07) is 7.13. The second kappa shape index (κ2) is 5.46. The largest absolute Gasteiger partial charge is 0.496 e. The van der Waals surface area contributed by atoms with E-state index in [4.69, 9.17) is 20.3 Å². The smallest absolute Gasteiger partial charge is 0.330 e. The fraction of sp³-hybridized carbons (Fsp3) is 0.400. The van der Waals surface area contributed by atoms with E-state index in [2.05, 4.69) is 0 Å². The molecule has 0 spiro atoms. The van der Waals surface area contributed by atoms with Gasteiger partial charge in [-0.05, 0) is 18.1 Å². The van der Waals surface area contributed by atoms with Gasteiger partial charge in [-0.15, -0.1) is 0 Å². The third-order valence-electron chi connectivity index (χ3n) is 2.40. The Morgan fingerprint density at radius 1 is 1.44 bits per heavy atom. The maximum absolute atomic E-state index is 11.1. The first-order valence-corrected chi connectivity index (χ1v) is 6.54. The highest BCUT2D eigenvalue weighted by atomic mass is 31.2. The minimum atomic E-state index is -4.15. The van der Waals surface area contributed by atoms with Crippen molar-refractivity contribution in [2.45, 2.75) is 12.1 Å².